The molecule has 0 bridgehead atoms. The predicted molar refractivity (Wildman–Crippen MR) is 82.6 cm³/mol. The molecule has 0 aliphatic rings. The third kappa shape index (κ3) is 5.33. The lowest BCUT2D eigenvalue weighted by Crippen LogP contribution is -2.30. The van der Waals surface area contributed by atoms with Crippen LogP contribution in [0.5, 0.6) is 0 Å². The van der Waals surface area contributed by atoms with Crippen LogP contribution in [0.4, 0.5) is 10.5 Å². The standard InChI is InChI=1S/C15H23N3O3/c1-4-6-7-9-16-15(20)18-12-10-11(8-5-2)17-13(12)14(19)21-3/h5,10,17H,2,4,6-9H2,1,3H3,(H2,16,18,20). The van der Waals surface area contributed by atoms with E-state index in [1.54, 1.807) is 12.1 Å². The molecule has 6 heteroatoms. The average Bonchev–Trinajstić information content (AvgIpc) is 2.86. The summed E-state index contributed by atoms with van der Waals surface area (Å²) in [4.78, 5) is 26.4. The van der Waals surface area contributed by atoms with Crippen molar-refractivity contribution in [3.05, 3.63) is 30.1 Å². The summed E-state index contributed by atoms with van der Waals surface area (Å²) in [5.74, 6) is -0.522. The molecule has 0 aliphatic carbocycles. The van der Waals surface area contributed by atoms with Crippen molar-refractivity contribution in [1.82, 2.24) is 10.3 Å². The molecule has 1 aromatic heterocycles. The number of ether oxygens (including phenoxy) is 1. The number of allylic oxidation sites excluding steroid dienone is 1. The molecule has 1 rings (SSSR count). The van der Waals surface area contributed by atoms with Crippen LogP contribution >= 0.6 is 0 Å². The molecule has 0 unspecified atom stereocenters. The second-order valence-corrected chi connectivity index (χ2v) is 4.66. The monoisotopic (exact) mass is 293 g/mol. The minimum Gasteiger partial charge on any atom is -0.464 e. The maximum atomic E-state index is 11.8. The number of nitrogens with one attached hydrogen (secondary N) is 3. The Morgan fingerprint density at radius 2 is 2.19 bits per heavy atom. The first kappa shape index (κ1) is 16.8. The number of aromatic nitrogens is 1. The number of carbonyl (C=O) groups is 2. The number of unbranched alkanes of at least 4 members (excludes halogenated alkanes) is 2. The van der Waals surface area contributed by atoms with Gasteiger partial charge in [-0.3, -0.25) is 0 Å². The van der Waals surface area contributed by atoms with Crippen LogP contribution < -0.4 is 10.6 Å². The van der Waals surface area contributed by atoms with Gasteiger partial charge in [0.05, 0.1) is 12.8 Å². The van der Waals surface area contributed by atoms with Crippen LogP contribution in [0, 0.1) is 0 Å². The second-order valence-electron chi connectivity index (χ2n) is 4.66. The van der Waals surface area contributed by atoms with Crippen molar-refractivity contribution in [2.75, 3.05) is 19.0 Å². The van der Waals surface area contributed by atoms with Gasteiger partial charge < -0.3 is 20.4 Å². The largest absolute Gasteiger partial charge is 0.464 e. The van der Waals surface area contributed by atoms with E-state index in [0.29, 0.717) is 18.7 Å². The molecule has 116 valence electrons. The summed E-state index contributed by atoms with van der Waals surface area (Å²) in [5, 5.41) is 5.42. The Bertz CT molecular complexity index is 494. The van der Waals surface area contributed by atoms with Gasteiger partial charge in [0.2, 0.25) is 0 Å². The number of urea groups is 1. The van der Waals surface area contributed by atoms with Crippen LogP contribution in [-0.2, 0) is 11.2 Å². The summed E-state index contributed by atoms with van der Waals surface area (Å²) < 4.78 is 4.70. The zero-order valence-electron chi connectivity index (χ0n) is 12.6. The molecule has 1 aromatic rings. The molecule has 0 fully saturated rings. The number of methoxy groups -OCH3 is 1. The molecule has 1 heterocycles. The summed E-state index contributed by atoms with van der Waals surface area (Å²) in [6.07, 6.45) is 5.38. The number of hydrogen-bond donors (Lipinski definition) is 3. The molecule has 2 amide bonds. The lowest BCUT2D eigenvalue weighted by Gasteiger charge is -2.07. The van der Waals surface area contributed by atoms with Gasteiger partial charge in [-0.2, -0.15) is 0 Å². The zero-order valence-corrected chi connectivity index (χ0v) is 12.6. The number of hydrogen-bond acceptors (Lipinski definition) is 3. The number of esters is 1. The smallest absolute Gasteiger partial charge is 0.356 e. The molecule has 0 saturated heterocycles. The maximum absolute atomic E-state index is 11.8. The van der Waals surface area contributed by atoms with Gasteiger partial charge >= 0.3 is 12.0 Å². The zero-order chi connectivity index (χ0) is 15.7. The van der Waals surface area contributed by atoms with Gasteiger partial charge in [-0.05, 0) is 12.5 Å². The van der Waals surface area contributed by atoms with Crippen molar-refractivity contribution in [2.45, 2.75) is 32.6 Å². The van der Waals surface area contributed by atoms with Gasteiger partial charge in [0.1, 0.15) is 5.69 Å². The fourth-order valence-electron chi connectivity index (χ4n) is 1.88. The SMILES string of the molecule is C=CCc1cc(NC(=O)NCCCCC)c(C(=O)OC)[nH]1. The molecule has 3 N–H and O–H groups in total. The van der Waals surface area contributed by atoms with Gasteiger partial charge in [0.15, 0.2) is 0 Å². The highest BCUT2D eigenvalue weighted by Gasteiger charge is 2.17. The Morgan fingerprint density at radius 3 is 2.81 bits per heavy atom. The third-order valence-electron chi connectivity index (χ3n) is 2.94. The van der Waals surface area contributed by atoms with Crippen molar-refractivity contribution >= 4 is 17.7 Å². The van der Waals surface area contributed by atoms with Gasteiger partial charge in [-0.25, -0.2) is 9.59 Å². The molecule has 0 radical (unpaired) electrons. The first-order chi connectivity index (χ1) is 10.1. The lowest BCUT2D eigenvalue weighted by atomic mass is 10.2. The highest BCUT2D eigenvalue weighted by Crippen LogP contribution is 2.18. The highest BCUT2D eigenvalue weighted by molar-refractivity contribution is 5.99. The molecular weight excluding hydrogens is 270 g/mol. The fourth-order valence-corrected chi connectivity index (χ4v) is 1.88. The van der Waals surface area contributed by atoms with Gasteiger partial charge in [0.25, 0.3) is 0 Å². The quantitative estimate of drug-likeness (QED) is 0.391. The van der Waals surface area contributed by atoms with Crippen LogP contribution in [0.2, 0.25) is 0 Å². The molecule has 0 saturated carbocycles. The van der Waals surface area contributed by atoms with Crippen molar-refractivity contribution in [1.29, 1.82) is 0 Å². The van der Waals surface area contributed by atoms with Gasteiger partial charge in [-0.15, -0.1) is 6.58 Å². The molecule has 0 spiro atoms. The van der Waals surface area contributed by atoms with E-state index in [4.69, 9.17) is 4.74 Å². The van der Waals surface area contributed by atoms with Crippen LogP contribution in [0.25, 0.3) is 0 Å². The van der Waals surface area contributed by atoms with Crippen LogP contribution in [0.15, 0.2) is 18.7 Å². The molecule has 0 aromatic carbocycles. The van der Waals surface area contributed by atoms with Crippen molar-refractivity contribution < 1.29 is 14.3 Å². The van der Waals surface area contributed by atoms with Crippen LogP contribution in [0.1, 0.15) is 42.4 Å². The molecule has 0 atom stereocenters. The van der Waals surface area contributed by atoms with Crippen molar-refractivity contribution in [3.63, 3.8) is 0 Å². The molecule has 6 nitrogen and oxygen atoms in total. The summed E-state index contributed by atoms with van der Waals surface area (Å²) in [5.41, 5.74) is 1.43. The van der Waals surface area contributed by atoms with E-state index in [1.807, 2.05) is 0 Å². The minimum atomic E-state index is -0.522. The van der Waals surface area contributed by atoms with Gasteiger partial charge in [-0.1, -0.05) is 25.8 Å². The Hall–Kier alpha value is -2.24. The lowest BCUT2D eigenvalue weighted by molar-refractivity contribution is 0.0596. The van der Waals surface area contributed by atoms with E-state index in [9.17, 15) is 9.59 Å². The molecule has 21 heavy (non-hydrogen) atoms. The maximum Gasteiger partial charge on any atom is 0.356 e. The normalized spacial score (nSPS) is 10.0. The van der Waals surface area contributed by atoms with E-state index >= 15 is 0 Å². The Balaban J connectivity index is 2.69. The first-order valence-corrected chi connectivity index (χ1v) is 7.08. The first-order valence-electron chi connectivity index (χ1n) is 7.08. The van der Waals surface area contributed by atoms with E-state index < -0.39 is 5.97 Å². The summed E-state index contributed by atoms with van der Waals surface area (Å²) in [6.45, 7) is 6.35. The van der Waals surface area contributed by atoms with E-state index in [1.165, 1.54) is 7.11 Å². The third-order valence-corrected chi connectivity index (χ3v) is 2.94. The predicted octanol–water partition coefficient (Wildman–Crippen LogP) is 2.84. The average molecular weight is 293 g/mol. The number of aromatic amines is 1. The highest BCUT2D eigenvalue weighted by atomic mass is 16.5. The number of H-pyrrole nitrogens is 1. The second kappa shape index (κ2) is 8.84. The van der Waals surface area contributed by atoms with Crippen LogP contribution in [0.3, 0.4) is 0 Å². The number of anilines is 1. The minimum absolute atomic E-state index is 0.234. The number of amides is 2. The Labute approximate surface area is 125 Å². The Kier molecular flexibility index (Phi) is 7.08. The number of carbonyl (C=O) groups excluding carboxylic acids is 2. The Morgan fingerprint density at radius 1 is 1.43 bits per heavy atom. The van der Waals surface area contributed by atoms with E-state index in [2.05, 4.69) is 29.1 Å². The van der Waals surface area contributed by atoms with E-state index in [0.717, 1.165) is 25.0 Å². The van der Waals surface area contributed by atoms with E-state index in [-0.39, 0.29) is 11.7 Å². The summed E-state index contributed by atoms with van der Waals surface area (Å²) in [6, 6.07) is 1.37. The van der Waals surface area contributed by atoms with Gasteiger partial charge in [0, 0.05) is 18.7 Å². The van der Waals surface area contributed by atoms with Crippen molar-refractivity contribution in [2.24, 2.45) is 0 Å². The van der Waals surface area contributed by atoms with Crippen LogP contribution in [-0.4, -0.2) is 30.6 Å². The fraction of sp³-hybridized carbons (Fsp3) is 0.467. The molecule has 0 aliphatic heterocycles. The topological polar surface area (TPSA) is 83.2 Å². The summed E-state index contributed by atoms with van der Waals surface area (Å²) >= 11 is 0. The molecular formula is C15H23N3O3. The van der Waals surface area contributed by atoms with Crippen molar-refractivity contribution in [3.8, 4) is 0 Å². The number of rotatable bonds is 8. The summed E-state index contributed by atoms with van der Waals surface area (Å²) in [7, 11) is 1.30.